The molecule has 2 aliphatic heterocycles. The van der Waals surface area contributed by atoms with E-state index in [-0.39, 0.29) is 17.4 Å². The van der Waals surface area contributed by atoms with Gasteiger partial charge in [0.2, 0.25) is 5.91 Å². The van der Waals surface area contributed by atoms with Crippen LogP contribution in [-0.4, -0.2) is 84.9 Å². The number of likely N-dealkylation sites (N-methyl/N-ethyl adjacent to an activating group) is 1. The summed E-state index contributed by atoms with van der Waals surface area (Å²) in [6.07, 6.45) is 2.43. The van der Waals surface area contributed by atoms with Crippen LogP contribution in [0.4, 0.5) is 4.39 Å². The van der Waals surface area contributed by atoms with Gasteiger partial charge in [-0.15, -0.1) is 0 Å². The molecule has 0 spiro atoms. The van der Waals surface area contributed by atoms with Crippen LogP contribution in [0.5, 0.6) is 0 Å². The first-order chi connectivity index (χ1) is 13.9. The second-order valence-corrected chi connectivity index (χ2v) is 8.59. The summed E-state index contributed by atoms with van der Waals surface area (Å²) in [5, 5.41) is 2.76. The van der Waals surface area contributed by atoms with Gasteiger partial charge >= 0.3 is 0 Å². The lowest BCUT2D eigenvalue weighted by molar-refractivity contribution is -0.136. The number of rotatable bonds is 5. The van der Waals surface area contributed by atoms with Crippen LogP contribution in [0.1, 0.15) is 37.0 Å². The van der Waals surface area contributed by atoms with Crippen LogP contribution in [-0.2, 0) is 4.79 Å². The maximum atomic E-state index is 13.9. The van der Waals surface area contributed by atoms with Gasteiger partial charge < -0.3 is 15.1 Å². The van der Waals surface area contributed by atoms with Gasteiger partial charge in [-0.05, 0) is 44.5 Å². The second-order valence-electron chi connectivity index (χ2n) is 8.59. The number of halogens is 1. The zero-order chi connectivity index (χ0) is 21.0. The summed E-state index contributed by atoms with van der Waals surface area (Å²) in [7, 11) is 2.16. The van der Waals surface area contributed by atoms with Crippen LogP contribution in [0, 0.1) is 11.7 Å². The van der Waals surface area contributed by atoms with E-state index in [1.54, 1.807) is 12.1 Å². The van der Waals surface area contributed by atoms with Crippen molar-refractivity contribution in [1.29, 1.82) is 0 Å². The highest BCUT2D eigenvalue weighted by atomic mass is 19.1. The van der Waals surface area contributed by atoms with E-state index in [1.807, 2.05) is 18.7 Å². The quantitative estimate of drug-likeness (QED) is 0.813. The fourth-order valence-electron chi connectivity index (χ4n) is 4.32. The Morgan fingerprint density at radius 1 is 1.10 bits per heavy atom. The molecule has 2 heterocycles. The number of benzene rings is 1. The number of carbonyl (C=O) groups excluding carboxylic acids is 2. The molecular formula is C22H33FN4O2. The summed E-state index contributed by atoms with van der Waals surface area (Å²) in [4.78, 5) is 32.3. The number of carbonyl (C=O) groups is 2. The van der Waals surface area contributed by atoms with E-state index in [9.17, 15) is 14.0 Å². The molecule has 2 fully saturated rings. The third-order valence-corrected chi connectivity index (χ3v) is 6.08. The summed E-state index contributed by atoms with van der Waals surface area (Å²) in [5.74, 6) is -1.28. The van der Waals surface area contributed by atoms with E-state index in [4.69, 9.17) is 0 Å². The minimum absolute atomic E-state index is 0.0304. The monoisotopic (exact) mass is 404 g/mol. The van der Waals surface area contributed by atoms with Crippen LogP contribution >= 0.6 is 0 Å². The van der Waals surface area contributed by atoms with Gasteiger partial charge in [-0.3, -0.25) is 14.5 Å². The van der Waals surface area contributed by atoms with Gasteiger partial charge in [-0.25, -0.2) is 4.39 Å². The molecule has 1 aromatic rings. The van der Waals surface area contributed by atoms with Crippen LogP contribution in [0.2, 0.25) is 0 Å². The highest BCUT2D eigenvalue weighted by molar-refractivity contribution is 5.97. The molecular weight excluding hydrogens is 371 g/mol. The Hall–Kier alpha value is -1.99. The Morgan fingerprint density at radius 2 is 1.79 bits per heavy atom. The van der Waals surface area contributed by atoms with Crippen molar-refractivity contribution in [3.05, 3.63) is 35.6 Å². The normalized spacial score (nSPS) is 22.5. The number of amides is 2. The summed E-state index contributed by atoms with van der Waals surface area (Å²) >= 11 is 0. The summed E-state index contributed by atoms with van der Waals surface area (Å²) in [5.41, 5.74) is -0.0304. The molecule has 0 saturated carbocycles. The lowest BCUT2D eigenvalue weighted by Crippen LogP contribution is -2.59. The summed E-state index contributed by atoms with van der Waals surface area (Å²) < 4.78 is 13.9. The molecule has 1 aromatic carbocycles. The molecule has 0 aromatic heterocycles. The molecule has 3 rings (SSSR count). The molecule has 2 unspecified atom stereocenters. The SMILES string of the molecule is CC(C)C(NC(=O)c1ccccc1F)C(=O)N1CCN(C2CCCN(C)C2)CC1. The lowest BCUT2D eigenvalue weighted by atomic mass is 10.0. The summed E-state index contributed by atoms with van der Waals surface area (Å²) in [6, 6.07) is 5.75. The number of hydrogen-bond acceptors (Lipinski definition) is 4. The molecule has 0 radical (unpaired) electrons. The lowest BCUT2D eigenvalue weighted by Gasteiger charge is -2.43. The molecule has 2 amide bonds. The van der Waals surface area contributed by atoms with Crippen molar-refractivity contribution in [2.24, 2.45) is 5.92 Å². The van der Waals surface area contributed by atoms with Crippen LogP contribution in [0.25, 0.3) is 0 Å². The first kappa shape index (κ1) is 21.7. The Morgan fingerprint density at radius 3 is 2.41 bits per heavy atom. The molecule has 2 saturated heterocycles. The average Bonchev–Trinajstić information content (AvgIpc) is 2.71. The Kier molecular flexibility index (Phi) is 7.24. The predicted molar refractivity (Wildman–Crippen MR) is 111 cm³/mol. The minimum Gasteiger partial charge on any atom is -0.340 e. The van der Waals surface area contributed by atoms with Gasteiger partial charge in [0.1, 0.15) is 11.9 Å². The van der Waals surface area contributed by atoms with E-state index < -0.39 is 17.8 Å². The van der Waals surface area contributed by atoms with Crippen molar-refractivity contribution in [1.82, 2.24) is 20.0 Å². The van der Waals surface area contributed by atoms with Crippen LogP contribution < -0.4 is 5.32 Å². The first-order valence-electron chi connectivity index (χ1n) is 10.6. The Bertz CT molecular complexity index is 719. The number of likely N-dealkylation sites (tertiary alicyclic amines) is 1. The standard InChI is InChI=1S/C22H33FN4O2/c1-16(2)20(24-21(28)18-8-4-5-9-19(18)23)22(29)27-13-11-26(12-14-27)17-7-6-10-25(3)15-17/h4-5,8-9,16-17,20H,6-7,10-15H2,1-3H3,(H,24,28). The third-order valence-electron chi connectivity index (χ3n) is 6.08. The first-order valence-corrected chi connectivity index (χ1v) is 10.6. The van der Waals surface area contributed by atoms with Gasteiger partial charge in [0, 0.05) is 38.8 Å². The largest absolute Gasteiger partial charge is 0.340 e. The molecule has 2 atom stereocenters. The number of nitrogens with zero attached hydrogens (tertiary/aromatic N) is 3. The fraction of sp³-hybridized carbons (Fsp3) is 0.636. The van der Waals surface area contributed by atoms with E-state index in [0.717, 1.165) is 26.2 Å². The van der Waals surface area contributed by atoms with Crippen LogP contribution in [0.3, 0.4) is 0 Å². The highest BCUT2D eigenvalue weighted by Crippen LogP contribution is 2.18. The molecule has 29 heavy (non-hydrogen) atoms. The zero-order valence-electron chi connectivity index (χ0n) is 17.7. The molecule has 0 bridgehead atoms. The fourth-order valence-corrected chi connectivity index (χ4v) is 4.32. The topological polar surface area (TPSA) is 55.9 Å². The van der Waals surface area contributed by atoms with Gasteiger partial charge in [0.05, 0.1) is 5.56 Å². The van der Waals surface area contributed by atoms with E-state index in [2.05, 4.69) is 22.2 Å². The predicted octanol–water partition coefficient (Wildman–Crippen LogP) is 1.82. The van der Waals surface area contributed by atoms with Gasteiger partial charge in [-0.2, -0.15) is 0 Å². The molecule has 7 heteroatoms. The van der Waals surface area contributed by atoms with Crippen molar-refractivity contribution in [3.63, 3.8) is 0 Å². The van der Waals surface area contributed by atoms with Crippen molar-refractivity contribution >= 4 is 11.8 Å². The molecule has 160 valence electrons. The van der Waals surface area contributed by atoms with Gasteiger partial charge in [0.25, 0.3) is 5.91 Å². The van der Waals surface area contributed by atoms with Crippen molar-refractivity contribution in [2.45, 2.75) is 38.8 Å². The number of piperidine rings is 1. The number of nitrogens with one attached hydrogen (secondary N) is 1. The maximum absolute atomic E-state index is 13.9. The minimum atomic E-state index is -0.658. The van der Waals surface area contributed by atoms with E-state index in [1.165, 1.54) is 25.0 Å². The Balaban J connectivity index is 1.58. The molecule has 6 nitrogen and oxygen atoms in total. The Labute approximate surface area is 173 Å². The van der Waals surface area contributed by atoms with Gasteiger partial charge in [0.15, 0.2) is 0 Å². The van der Waals surface area contributed by atoms with Crippen molar-refractivity contribution < 1.29 is 14.0 Å². The van der Waals surface area contributed by atoms with E-state index >= 15 is 0 Å². The van der Waals surface area contributed by atoms with Crippen molar-refractivity contribution in [3.8, 4) is 0 Å². The summed E-state index contributed by atoms with van der Waals surface area (Å²) in [6.45, 7) is 9.09. The van der Waals surface area contributed by atoms with Crippen molar-refractivity contribution in [2.75, 3.05) is 46.3 Å². The maximum Gasteiger partial charge on any atom is 0.254 e. The second kappa shape index (κ2) is 9.67. The highest BCUT2D eigenvalue weighted by Gasteiger charge is 2.33. The van der Waals surface area contributed by atoms with E-state index in [0.29, 0.717) is 19.1 Å². The molecule has 0 aliphatic carbocycles. The smallest absolute Gasteiger partial charge is 0.254 e. The average molecular weight is 405 g/mol. The van der Waals surface area contributed by atoms with Gasteiger partial charge in [-0.1, -0.05) is 26.0 Å². The number of hydrogen-bond donors (Lipinski definition) is 1. The molecule has 1 N–H and O–H groups in total. The molecule has 2 aliphatic rings. The van der Waals surface area contributed by atoms with Crippen LogP contribution in [0.15, 0.2) is 24.3 Å². The third kappa shape index (κ3) is 5.34. The number of piperazine rings is 1. The zero-order valence-corrected chi connectivity index (χ0v) is 17.7.